The minimum Gasteiger partial charge on any atom is -0.497 e. The van der Waals surface area contributed by atoms with Crippen LogP contribution in [0, 0.1) is 5.82 Å². The Morgan fingerprint density at radius 1 is 1.06 bits per heavy atom. The second kappa shape index (κ2) is 9.14. The third-order valence-electron chi connectivity index (χ3n) is 5.18. The highest BCUT2D eigenvalue weighted by Crippen LogP contribution is 2.38. The van der Waals surface area contributed by atoms with Gasteiger partial charge in [0.15, 0.2) is 0 Å². The van der Waals surface area contributed by atoms with E-state index in [1.165, 1.54) is 12.1 Å². The SMILES string of the molecule is COc1cc(COC2(c3ccc(F)cc3)CCN(C(=O)OC(C)(C)C)C2)cc(OC)c1. The van der Waals surface area contributed by atoms with Crippen LogP contribution in [0.4, 0.5) is 9.18 Å². The summed E-state index contributed by atoms with van der Waals surface area (Å²) < 4.78 is 36.2. The predicted octanol–water partition coefficient (Wildman–Crippen LogP) is 4.90. The summed E-state index contributed by atoms with van der Waals surface area (Å²) in [4.78, 5) is 14.3. The van der Waals surface area contributed by atoms with Crippen LogP contribution in [0.25, 0.3) is 0 Å². The zero-order valence-electron chi connectivity index (χ0n) is 18.7. The van der Waals surface area contributed by atoms with E-state index < -0.39 is 11.2 Å². The lowest BCUT2D eigenvalue weighted by molar-refractivity contribution is -0.0555. The van der Waals surface area contributed by atoms with Crippen LogP contribution in [0.3, 0.4) is 0 Å². The van der Waals surface area contributed by atoms with E-state index in [0.717, 1.165) is 11.1 Å². The third-order valence-corrected chi connectivity index (χ3v) is 5.18. The number of halogens is 1. The van der Waals surface area contributed by atoms with E-state index in [0.29, 0.717) is 31.0 Å². The minimum atomic E-state index is -0.777. The van der Waals surface area contributed by atoms with Crippen molar-refractivity contribution in [2.75, 3.05) is 27.3 Å². The molecule has 1 aliphatic rings. The Bertz CT molecular complexity index is 887. The highest BCUT2D eigenvalue weighted by molar-refractivity contribution is 5.68. The van der Waals surface area contributed by atoms with Crippen molar-refractivity contribution in [1.29, 1.82) is 0 Å². The molecule has 0 radical (unpaired) electrons. The summed E-state index contributed by atoms with van der Waals surface area (Å²) in [6.07, 6.45) is 0.182. The van der Waals surface area contributed by atoms with Gasteiger partial charge in [-0.25, -0.2) is 9.18 Å². The Balaban J connectivity index is 1.85. The fourth-order valence-corrected chi connectivity index (χ4v) is 3.63. The van der Waals surface area contributed by atoms with Crippen LogP contribution in [0.5, 0.6) is 11.5 Å². The highest BCUT2D eigenvalue weighted by Gasteiger charge is 2.43. The molecular weight excluding hydrogens is 401 g/mol. The fourth-order valence-electron chi connectivity index (χ4n) is 3.63. The van der Waals surface area contributed by atoms with Crippen LogP contribution in [-0.4, -0.2) is 43.9 Å². The molecule has 0 aromatic heterocycles. The molecule has 168 valence electrons. The normalized spacial score (nSPS) is 18.7. The Hall–Kier alpha value is -2.80. The Kier molecular flexibility index (Phi) is 6.74. The lowest BCUT2D eigenvalue weighted by Crippen LogP contribution is -2.39. The first kappa shape index (κ1) is 22.9. The van der Waals surface area contributed by atoms with Gasteiger partial charge in [-0.3, -0.25) is 0 Å². The van der Waals surface area contributed by atoms with Crippen molar-refractivity contribution in [2.45, 2.75) is 45.0 Å². The number of rotatable bonds is 6. The van der Waals surface area contributed by atoms with Crippen LogP contribution in [0.15, 0.2) is 42.5 Å². The number of methoxy groups -OCH3 is 2. The van der Waals surface area contributed by atoms with Crippen molar-refractivity contribution in [3.8, 4) is 11.5 Å². The van der Waals surface area contributed by atoms with Crippen LogP contribution in [0.2, 0.25) is 0 Å². The average molecular weight is 432 g/mol. The summed E-state index contributed by atoms with van der Waals surface area (Å²) in [5.74, 6) is 1.00. The minimum absolute atomic E-state index is 0.271. The molecule has 31 heavy (non-hydrogen) atoms. The predicted molar refractivity (Wildman–Crippen MR) is 115 cm³/mol. The molecule has 1 fully saturated rings. The number of benzene rings is 2. The highest BCUT2D eigenvalue weighted by atomic mass is 19.1. The maximum Gasteiger partial charge on any atom is 0.410 e. The number of nitrogens with zero attached hydrogens (tertiary/aromatic N) is 1. The van der Waals surface area contributed by atoms with Gasteiger partial charge in [0.2, 0.25) is 0 Å². The Morgan fingerprint density at radius 2 is 1.68 bits per heavy atom. The van der Waals surface area contributed by atoms with E-state index in [-0.39, 0.29) is 18.5 Å². The van der Waals surface area contributed by atoms with Gasteiger partial charge in [-0.2, -0.15) is 0 Å². The topological polar surface area (TPSA) is 57.2 Å². The van der Waals surface area contributed by atoms with Crippen LogP contribution < -0.4 is 9.47 Å². The van der Waals surface area contributed by atoms with Gasteiger partial charge in [-0.15, -0.1) is 0 Å². The molecule has 2 aromatic rings. The molecule has 1 unspecified atom stereocenters. The van der Waals surface area contributed by atoms with Crippen LogP contribution in [-0.2, 0) is 21.7 Å². The monoisotopic (exact) mass is 431 g/mol. The molecule has 3 rings (SSSR count). The molecule has 0 spiro atoms. The largest absolute Gasteiger partial charge is 0.497 e. The fraction of sp³-hybridized carbons (Fsp3) is 0.458. The summed E-state index contributed by atoms with van der Waals surface area (Å²) in [5, 5.41) is 0. The number of hydrogen-bond donors (Lipinski definition) is 0. The molecule has 1 aliphatic heterocycles. The van der Waals surface area contributed by atoms with Gasteiger partial charge in [0.25, 0.3) is 0 Å². The molecule has 1 amide bonds. The van der Waals surface area contributed by atoms with E-state index in [1.807, 2.05) is 32.9 Å². The van der Waals surface area contributed by atoms with Crippen molar-refractivity contribution in [1.82, 2.24) is 4.90 Å². The summed E-state index contributed by atoms with van der Waals surface area (Å²) >= 11 is 0. The van der Waals surface area contributed by atoms with Gasteiger partial charge in [0.1, 0.15) is 28.5 Å². The maximum absolute atomic E-state index is 13.6. The van der Waals surface area contributed by atoms with Gasteiger partial charge >= 0.3 is 6.09 Å². The lowest BCUT2D eigenvalue weighted by atomic mass is 9.92. The van der Waals surface area contributed by atoms with Gasteiger partial charge in [-0.1, -0.05) is 12.1 Å². The van der Waals surface area contributed by atoms with Crippen molar-refractivity contribution in [3.63, 3.8) is 0 Å². The van der Waals surface area contributed by atoms with Gasteiger partial charge in [0, 0.05) is 19.0 Å². The van der Waals surface area contributed by atoms with E-state index in [2.05, 4.69) is 0 Å². The zero-order valence-corrected chi connectivity index (χ0v) is 18.7. The average Bonchev–Trinajstić information content (AvgIpc) is 3.17. The number of ether oxygens (including phenoxy) is 4. The first-order chi connectivity index (χ1) is 14.6. The number of likely N-dealkylation sites (tertiary alicyclic amines) is 1. The quantitative estimate of drug-likeness (QED) is 0.651. The summed E-state index contributed by atoms with van der Waals surface area (Å²) in [6.45, 7) is 6.57. The molecule has 0 bridgehead atoms. The smallest absolute Gasteiger partial charge is 0.410 e. The number of carbonyl (C=O) groups excluding carboxylic acids is 1. The van der Waals surface area contributed by atoms with Gasteiger partial charge in [0.05, 0.1) is 27.4 Å². The van der Waals surface area contributed by atoms with Gasteiger partial charge in [-0.05, 0) is 56.2 Å². The number of carbonyl (C=O) groups is 1. The molecule has 0 aliphatic carbocycles. The van der Waals surface area contributed by atoms with E-state index in [4.69, 9.17) is 18.9 Å². The Morgan fingerprint density at radius 3 is 2.23 bits per heavy atom. The van der Waals surface area contributed by atoms with Crippen LogP contribution in [0.1, 0.15) is 38.3 Å². The van der Waals surface area contributed by atoms with Crippen molar-refractivity contribution in [3.05, 3.63) is 59.4 Å². The molecule has 1 heterocycles. The second-order valence-electron chi connectivity index (χ2n) is 8.66. The van der Waals surface area contributed by atoms with Crippen molar-refractivity contribution >= 4 is 6.09 Å². The van der Waals surface area contributed by atoms with Crippen LogP contribution >= 0.6 is 0 Å². The van der Waals surface area contributed by atoms with Crippen molar-refractivity contribution in [2.24, 2.45) is 0 Å². The molecule has 1 atom stereocenters. The number of hydrogen-bond acceptors (Lipinski definition) is 5. The van der Waals surface area contributed by atoms with E-state index >= 15 is 0 Å². The third kappa shape index (κ3) is 5.67. The van der Waals surface area contributed by atoms with E-state index in [1.54, 1.807) is 37.3 Å². The lowest BCUT2D eigenvalue weighted by Gasteiger charge is -2.31. The standard InChI is InChI=1S/C24H30FNO5/c1-23(2,3)31-22(27)26-11-10-24(16-26,18-6-8-19(25)9-7-18)30-15-17-12-20(28-4)14-21(13-17)29-5/h6-9,12-14H,10-11,15-16H2,1-5H3. The summed E-state index contributed by atoms with van der Waals surface area (Å²) in [7, 11) is 3.18. The van der Waals surface area contributed by atoms with E-state index in [9.17, 15) is 9.18 Å². The van der Waals surface area contributed by atoms with Gasteiger partial charge < -0.3 is 23.8 Å². The van der Waals surface area contributed by atoms with Crippen molar-refractivity contribution < 1.29 is 28.1 Å². The Labute approximate surface area is 182 Å². The zero-order chi connectivity index (χ0) is 22.6. The molecule has 2 aromatic carbocycles. The molecule has 7 heteroatoms. The maximum atomic E-state index is 13.6. The first-order valence-electron chi connectivity index (χ1n) is 10.2. The number of amides is 1. The first-order valence-corrected chi connectivity index (χ1v) is 10.2. The molecule has 1 saturated heterocycles. The molecular formula is C24H30FNO5. The second-order valence-corrected chi connectivity index (χ2v) is 8.66. The molecule has 0 saturated carbocycles. The summed E-state index contributed by atoms with van der Waals surface area (Å²) in [6, 6.07) is 11.8. The summed E-state index contributed by atoms with van der Waals surface area (Å²) in [5.41, 5.74) is 0.320. The molecule has 6 nitrogen and oxygen atoms in total. The molecule has 0 N–H and O–H groups in total.